The van der Waals surface area contributed by atoms with Crippen LogP contribution in [-0.2, 0) is 0 Å². The van der Waals surface area contributed by atoms with Gasteiger partial charge in [-0.25, -0.2) is 0 Å². The molecule has 0 saturated carbocycles. The lowest BCUT2D eigenvalue weighted by molar-refractivity contribution is 0.102. The van der Waals surface area contributed by atoms with Gasteiger partial charge >= 0.3 is 0 Å². The lowest BCUT2D eigenvalue weighted by Crippen LogP contribution is -2.13. The molecule has 1 N–H and O–H groups in total. The van der Waals surface area contributed by atoms with Crippen LogP contribution in [0.1, 0.15) is 26.3 Å². The summed E-state index contributed by atoms with van der Waals surface area (Å²) in [6, 6.07) is 18.8. The average Bonchev–Trinajstić information content (AvgIpc) is 3.21. The van der Waals surface area contributed by atoms with Crippen molar-refractivity contribution < 1.29 is 23.8 Å². The number of ether oxygens (including phenoxy) is 3. The number of hydrogen-bond acceptors (Lipinski definition) is 5. The molecule has 0 radical (unpaired) electrons. The van der Waals surface area contributed by atoms with Gasteiger partial charge in [-0.1, -0.05) is 30.3 Å². The number of carbonyl (C=O) groups is 2. The number of carbonyl (C=O) groups excluding carboxylic acids is 2. The molecule has 1 amide bonds. The molecule has 6 heteroatoms. The zero-order valence-corrected chi connectivity index (χ0v) is 15.1. The van der Waals surface area contributed by atoms with E-state index < -0.39 is 0 Å². The third kappa shape index (κ3) is 3.40. The maximum atomic E-state index is 12.7. The van der Waals surface area contributed by atoms with Crippen molar-refractivity contribution in [2.45, 2.75) is 0 Å². The van der Waals surface area contributed by atoms with Crippen molar-refractivity contribution in [2.24, 2.45) is 0 Å². The number of rotatable bonds is 5. The van der Waals surface area contributed by atoms with Crippen LogP contribution in [0.3, 0.4) is 0 Å². The van der Waals surface area contributed by atoms with Crippen molar-refractivity contribution in [3.63, 3.8) is 0 Å². The Hall–Kier alpha value is -3.80. The van der Waals surface area contributed by atoms with Gasteiger partial charge in [0.2, 0.25) is 6.79 Å². The number of methoxy groups -OCH3 is 1. The second kappa shape index (κ2) is 7.44. The van der Waals surface area contributed by atoms with Crippen LogP contribution in [0.2, 0.25) is 0 Å². The zero-order chi connectivity index (χ0) is 19.5. The molecule has 6 nitrogen and oxygen atoms in total. The summed E-state index contributed by atoms with van der Waals surface area (Å²) in [4.78, 5) is 25.4. The molecule has 3 aromatic carbocycles. The molecule has 0 atom stereocenters. The Morgan fingerprint density at radius 1 is 0.857 bits per heavy atom. The first kappa shape index (κ1) is 17.6. The van der Waals surface area contributed by atoms with Crippen LogP contribution in [0.5, 0.6) is 17.2 Å². The first-order valence-corrected chi connectivity index (χ1v) is 8.64. The average molecular weight is 375 g/mol. The second-order valence-corrected chi connectivity index (χ2v) is 6.13. The van der Waals surface area contributed by atoms with E-state index in [0.29, 0.717) is 39.6 Å². The van der Waals surface area contributed by atoms with Crippen LogP contribution < -0.4 is 19.5 Å². The summed E-state index contributed by atoms with van der Waals surface area (Å²) in [7, 11) is 1.50. The first-order valence-electron chi connectivity index (χ1n) is 8.64. The van der Waals surface area contributed by atoms with Crippen molar-refractivity contribution in [3.8, 4) is 17.2 Å². The molecular formula is C22H17NO5. The monoisotopic (exact) mass is 375 g/mol. The molecule has 0 aliphatic carbocycles. The molecule has 0 unspecified atom stereocenters. The van der Waals surface area contributed by atoms with E-state index >= 15 is 0 Å². The Kier molecular flexibility index (Phi) is 4.68. The summed E-state index contributed by atoms with van der Waals surface area (Å²) in [5, 5.41) is 2.80. The van der Waals surface area contributed by atoms with Crippen molar-refractivity contribution in [3.05, 3.63) is 83.4 Å². The number of benzene rings is 3. The summed E-state index contributed by atoms with van der Waals surface area (Å²) in [6.45, 7) is 0.137. The molecule has 1 aliphatic heterocycles. The lowest BCUT2D eigenvalue weighted by atomic mass is 10.0. The van der Waals surface area contributed by atoms with E-state index in [1.165, 1.54) is 7.11 Å². The third-order valence-electron chi connectivity index (χ3n) is 4.38. The summed E-state index contributed by atoms with van der Waals surface area (Å²) in [5.74, 6) is 1.10. The SMILES string of the molecule is COc1ccc(C(=O)c2ccccc2)cc1NC(=O)c1ccc2c(c1)OCO2. The molecule has 0 saturated heterocycles. The minimum Gasteiger partial charge on any atom is -0.495 e. The van der Waals surface area contributed by atoms with Gasteiger partial charge in [-0.2, -0.15) is 0 Å². The van der Waals surface area contributed by atoms with Crippen LogP contribution in [0.25, 0.3) is 0 Å². The molecule has 3 aromatic rings. The fourth-order valence-electron chi connectivity index (χ4n) is 2.94. The lowest BCUT2D eigenvalue weighted by Gasteiger charge is -2.12. The number of anilines is 1. The Labute approximate surface area is 161 Å². The van der Waals surface area contributed by atoms with Gasteiger partial charge in [0.05, 0.1) is 12.8 Å². The predicted molar refractivity (Wildman–Crippen MR) is 103 cm³/mol. The highest BCUT2D eigenvalue weighted by molar-refractivity contribution is 6.11. The molecule has 0 bridgehead atoms. The summed E-state index contributed by atoms with van der Waals surface area (Å²) >= 11 is 0. The molecule has 1 heterocycles. The van der Waals surface area contributed by atoms with Crippen LogP contribution in [0.4, 0.5) is 5.69 Å². The van der Waals surface area contributed by atoms with Crippen molar-refractivity contribution in [1.82, 2.24) is 0 Å². The summed E-state index contributed by atoms with van der Waals surface area (Å²) in [6.07, 6.45) is 0. The van der Waals surface area contributed by atoms with E-state index in [-0.39, 0.29) is 18.5 Å². The van der Waals surface area contributed by atoms with Gasteiger partial charge in [0.15, 0.2) is 17.3 Å². The van der Waals surface area contributed by atoms with E-state index in [0.717, 1.165) is 0 Å². The number of fused-ring (bicyclic) bond motifs is 1. The number of nitrogens with one attached hydrogen (secondary N) is 1. The van der Waals surface area contributed by atoms with Gasteiger partial charge in [-0.05, 0) is 36.4 Å². The Balaban J connectivity index is 1.61. The number of hydrogen-bond donors (Lipinski definition) is 1. The first-order chi connectivity index (χ1) is 13.7. The molecule has 0 spiro atoms. The van der Waals surface area contributed by atoms with Crippen LogP contribution >= 0.6 is 0 Å². The largest absolute Gasteiger partial charge is 0.495 e. The van der Waals surface area contributed by atoms with Crippen LogP contribution in [-0.4, -0.2) is 25.6 Å². The normalized spacial score (nSPS) is 11.8. The molecular weight excluding hydrogens is 358 g/mol. The fourth-order valence-corrected chi connectivity index (χ4v) is 2.94. The summed E-state index contributed by atoms with van der Waals surface area (Å²) < 4.78 is 15.9. The Morgan fingerprint density at radius 3 is 2.39 bits per heavy atom. The second-order valence-electron chi connectivity index (χ2n) is 6.13. The highest BCUT2D eigenvalue weighted by Crippen LogP contribution is 2.33. The smallest absolute Gasteiger partial charge is 0.255 e. The molecule has 4 rings (SSSR count). The fraction of sp³-hybridized carbons (Fsp3) is 0.0909. The van der Waals surface area contributed by atoms with E-state index in [2.05, 4.69) is 5.32 Å². The quantitative estimate of drug-likeness (QED) is 0.685. The van der Waals surface area contributed by atoms with E-state index in [1.807, 2.05) is 6.07 Å². The maximum Gasteiger partial charge on any atom is 0.255 e. The number of amides is 1. The van der Waals surface area contributed by atoms with Crippen LogP contribution in [0.15, 0.2) is 66.7 Å². The molecule has 28 heavy (non-hydrogen) atoms. The van der Waals surface area contributed by atoms with Crippen molar-refractivity contribution >= 4 is 17.4 Å². The zero-order valence-electron chi connectivity index (χ0n) is 15.1. The number of ketones is 1. The maximum absolute atomic E-state index is 12.7. The van der Waals surface area contributed by atoms with Gasteiger partial charge in [0.25, 0.3) is 5.91 Å². The van der Waals surface area contributed by atoms with E-state index in [9.17, 15) is 9.59 Å². The third-order valence-corrected chi connectivity index (χ3v) is 4.38. The van der Waals surface area contributed by atoms with Gasteiger partial charge in [0, 0.05) is 16.7 Å². The van der Waals surface area contributed by atoms with Gasteiger partial charge < -0.3 is 19.5 Å². The van der Waals surface area contributed by atoms with Crippen LogP contribution in [0, 0.1) is 0 Å². The highest BCUT2D eigenvalue weighted by atomic mass is 16.7. The standard InChI is InChI=1S/C22H17NO5/c1-26-18-9-7-15(21(24)14-5-3-2-4-6-14)11-17(18)23-22(25)16-8-10-19-20(12-16)28-13-27-19/h2-12H,13H2,1H3,(H,23,25). The van der Waals surface area contributed by atoms with Gasteiger partial charge in [0.1, 0.15) is 5.75 Å². The molecule has 140 valence electrons. The predicted octanol–water partition coefficient (Wildman–Crippen LogP) is 3.91. The molecule has 0 fully saturated rings. The topological polar surface area (TPSA) is 73.9 Å². The van der Waals surface area contributed by atoms with Crippen molar-refractivity contribution in [1.29, 1.82) is 0 Å². The minimum absolute atomic E-state index is 0.137. The van der Waals surface area contributed by atoms with Crippen molar-refractivity contribution in [2.75, 3.05) is 19.2 Å². The Bertz CT molecular complexity index is 1050. The molecule has 1 aliphatic rings. The van der Waals surface area contributed by atoms with Gasteiger partial charge in [-0.3, -0.25) is 9.59 Å². The minimum atomic E-state index is -0.346. The van der Waals surface area contributed by atoms with E-state index in [1.54, 1.807) is 60.7 Å². The van der Waals surface area contributed by atoms with E-state index in [4.69, 9.17) is 14.2 Å². The summed E-state index contributed by atoms with van der Waals surface area (Å²) in [5.41, 5.74) is 1.84. The highest BCUT2D eigenvalue weighted by Gasteiger charge is 2.18. The van der Waals surface area contributed by atoms with Gasteiger partial charge in [-0.15, -0.1) is 0 Å². The molecule has 0 aromatic heterocycles. The Morgan fingerprint density at radius 2 is 1.61 bits per heavy atom.